The van der Waals surface area contributed by atoms with Crippen LogP contribution in [0.5, 0.6) is 0 Å². The number of allylic oxidation sites excluding steroid dienone is 1. The molecule has 1 aliphatic heterocycles. The molecule has 0 radical (unpaired) electrons. The van der Waals surface area contributed by atoms with Gasteiger partial charge in [-0.3, -0.25) is 4.79 Å². The molecule has 1 saturated heterocycles. The van der Waals surface area contributed by atoms with E-state index in [1.165, 1.54) is 32.2 Å². The fraction of sp³-hybridized carbons (Fsp3) is 0.455. The molecule has 0 aliphatic carbocycles. The number of nitrogens with two attached hydrogens (primary N) is 1. The average Bonchev–Trinajstić information content (AvgIpc) is 2.75. The fourth-order valence-corrected chi connectivity index (χ4v) is 1.47. The van der Waals surface area contributed by atoms with Gasteiger partial charge in [-0.25, -0.2) is 0 Å². The summed E-state index contributed by atoms with van der Waals surface area (Å²) in [6, 6.07) is 0. The van der Waals surface area contributed by atoms with Gasteiger partial charge < -0.3 is 15.5 Å². The van der Waals surface area contributed by atoms with Gasteiger partial charge in [0, 0.05) is 18.7 Å². The quantitative estimate of drug-likeness (QED) is 0.322. The van der Waals surface area contributed by atoms with E-state index < -0.39 is 5.91 Å². The van der Waals surface area contributed by atoms with Gasteiger partial charge in [-0.15, -0.1) is 0 Å². The van der Waals surface area contributed by atoms with Gasteiger partial charge in [-0.05, 0) is 31.2 Å². The lowest BCUT2D eigenvalue weighted by molar-refractivity contribution is -0.114. The van der Waals surface area contributed by atoms with Crippen molar-refractivity contribution in [3.63, 3.8) is 0 Å². The first-order valence-corrected chi connectivity index (χ1v) is 5.23. The molecule has 16 heavy (non-hydrogen) atoms. The predicted octanol–water partition coefficient (Wildman–Crippen LogP) is 0.640. The Kier molecular flexibility index (Phi) is 5.11. The number of hydrogen-bond donors (Lipinski definition) is 1. The number of nitrogens with zero attached hydrogens (tertiary/aromatic N) is 2. The summed E-state index contributed by atoms with van der Waals surface area (Å²) in [5.74, 6) is -0.474. The van der Waals surface area contributed by atoms with Crippen molar-refractivity contribution < 1.29 is 9.63 Å². The van der Waals surface area contributed by atoms with E-state index in [2.05, 4.69) is 14.9 Å². The molecule has 1 amide bonds. The molecule has 5 heteroatoms. The summed E-state index contributed by atoms with van der Waals surface area (Å²) < 4.78 is 0. The number of hydrogen-bond acceptors (Lipinski definition) is 4. The molecule has 0 saturated carbocycles. The number of carbonyl (C=O) groups is 1. The summed E-state index contributed by atoms with van der Waals surface area (Å²) in [6.07, 6.45) is 8.92. The van der Waals surface area contributed by atoms with Gasteiger partial charge in [0.2, 0.25) is 5.91 Å². The van der Waals surface area contributed by atoms with Crippen LogP contribution in [0.1, 0.15) is 12.8 Å². The first-order valence-electron chi connectivity index (χ1n) is 5.23. The largest absolute Gasteiger partial charge is 0.399 e. The van der Waals surface area contributed by atoms with E-state index in [1.807, 2.05) is 6.20 Å². The number of carbonyl (C=O) groups excluding carboxylic acids is 1. The Balaban J connectivity index is 2.59. The van der Waals surface area contributed by atoms with E-state index in [0.717, 1.165) is 13.1 Å². The van der Waals surface area contributed by atoms with E-state index >= 15 is 0 Å². The highest BCUT2D eigenvalue weighted by Gasteiger charge is 2.07. The smallest absolute Gasteiger partial charge is 0.248 e. The molecule has 0 unspecified atom stereocenters. The van der Waals surface area contributed by atoms with Crippen LogP contribution in [-0.4, -0.2) is 37.2 Å². The van der Waals surface area contributed by atoms with E-state index in [1.54, 1.807) is 6.08 Å². The SMILES string of the molecule is CO/N=C/C=C(/C=C/N1CCCC1)C(N)=O. The zero-order valence-corrected chi connectivity index (χ0v) is 9.43. The van der Waals surface area contributed by atoms with Gasteiger partial charge in [0.05, 0.1) is 6.21 Å². The summed E-state index contributed by atoms with van der Waals surface area (Å²) >= 11 is 0. The maximum atomic E-state index is 11.1. The van der Waals surface area contributed by atoms with Crippen LogP contribution in [0.4, 0.5) is 0 Å². The van der Waals surface area contributed by atoms with Crippen LogP contribution in [0.25, 0.3) is 0 Å². The second kappa shape index (κ2) is 6.66. The van der Waals surface area contributed by atoms with Crippen molar-refractivity contribution in [3.8, 4) is 0 Å². The van der Waals surface area contributed by atoms with Crippen LogP contribution in [-0.2, 0) is 9.63 Å². The molecule has 0 bridgehead atoms. The fourth-order valence-electron chi connectivity index (χ4n) is 1.47. The molecule has 1 aliphatic rings. The monoisotopic (exact) mass is 223 g/mol. The van der Waals surface area contributed by atoms with E-state index in [0.29, 0.717) is 5.57 Å². The molecule has 0 aromatic carbocycles. The Hall–Kier alpha value is -1.78. The zero-order valence-electron chi connectivity index (χ0n) is 9.43. The Morgan fingerprint density at radius 2 is 2.12 bits per heavy atom. The average molecular weight is 223 g/mol. The Morgan fingerprint density at radius 1 is 1.44 bits per heavy atom. The molecular weight excluding hydrogens is 206 g/mol. The molecule has 0 aromatic heterocycles. The third-order valence-electron chi connectivity index (χ3n) is 2.31. The van der Waals surface area contributed by atoms with E-state index in [9.17, 15) is 4.79 Å². The summed E-state index contributed by atoms with van der Waals surface area (Å²) in [4.78, 5) is 17.7. The predicted molar refractivity (Wildman–Crippen MR) is 62.7 cm³/mol. The van der Waals surface area contributed by atoms with Gasteiger partial charge in [-0.1, -0.05) is 5.16 Å². The standard InChI is InChI=1S/C11H17N3O2/c1-16-13-6-4-10(11(12)15)5-9-14-7-2-3-8-14/h4-6,9H,2-3,7-8H2,1H3,(H2,12,15)/b9-5+,10-4-,13-6+. The highest BCUT2D eigenvalue weighted by Crippen LogP contribution is 2.08. The summed E-state index contributed by atoms with van der Waals surface area (Å²) in [7, 11) is 1.44. The lowest BCUT2D eigenvalue weighted by atomic mass is 10.2. The Morgan fingerprint density at radius 3 is 2.69 bits per heavy atom. The maximum absolute atomic E-state index is 11.1. The van der Waals surface area contributed by atoms with E-state index in [-0.39, 0.29) is 0 Å². The molecular formula is C11H17N3O2. The van der Waals surface area contributed by atoms with Gasteiger partial charge in [-0.2, -0.15) is 0 Å². The van der Waals surface area contributed by atoms with Crippen molar-refractivity contribution in [3.05, 3.63) is 23.9 Å². The number of rotatable bonds is 5. The van der Waals surface area contributed by atoms with Crippen molar-refractivity contribution in [2.75, 3.05) is 20.2 Å². The number of amides is 1. The number of oxime groups is 1. The minimum absolute atomic E-state index is 0.410. The summed E-state index contributed by atoms with van der Waals surface area (Å²) in [5.41, 5.74) is 5.63. The van der Waals surface area contributed by atoms with E-state index in [4.69, 9.17) is 5.73 Å². The van der Waals surface area contributed by atoms with Gasteiger partial charge >= 0.3 is 0 Å². The molecule has 0 spiro atoms. The third-order valence-corrected chi connectivity index (χ3v) is 2.31. The lowest BCUT2D eigenvalue weighted by Gasteiger charge is -2.09. The molecule has 88 valence electrons. The maximum Gasteiger partial charge on any atom is 0.248 e. The van der Waals surface area contributed by atoms with Crippen LogP contribution in [0, 0.1) is 0 Å². The van der Waals surface area contributed by atoms with Crippen molar-refractivity contribution in [1.82, 2.24) is 4.90 Å². The first kappa shape index (κ1) is 12.3. The normalized spacial score (nSPS) is 17.6. The third kappa shape index (κ3) is 4.16. The molecule has 2 N–H and O–H groups in total. The topological polar surface area (TPSA) is 67.9 Å². The van der Waals surface area contributed by atoms with Crippen LogP contribution >= 0.6 is 0 Å². The van der Waals surface area contributed by atoms with Crippen molar-refractivity contribution in [2.45, 2.75) is 12.8 Å². The second-order valence-electron chi connectivity index (χ2n) is 3.48. The molecule has 1 fully saturated rings. The van der Waals surface area contributed by atoms with Gasteiger partial charge in [0.1, 0.15) is 7.11 Å². The lowest BCUT2D eigenvalue weighted by Crippen LogP contribution is -2.15. The molecule has 1 heterocycles. The van der Waals surface area contributed by atoms with Crippen LogP contribution in [0.2, 0.25) is 0 Å². The van der Waals surface area contributed by atoms with Gasteiger partial charge in [0.25, 0.3) is 0 Å². The van der Waals surface area contributed by atoms with Crippen molar-refractivity contribution in [1.29, 1.82) is 0 Å². The minimum Gasteiger partial charge on any atom is -0.399 e. The summed E-state index contributed by atoms with van der Waals surface area (Å²) in [5, 5.41) is 3.52. The van der Waals surface area contributed by atoms with Crippen LogP contribution < -0.4 is 5.73 Å². The highest BCUT2D eigenvalue weighted by atomic mass is 16.6. The van der Waals surface area contributed by atoms with Crippen molar-refractivity contribution >= 4 is 12.1 Å². The number of likely N-dealkylation sites (tertiary alicyclic amines) is 1. The Bertz CT molecular complexity index is 315. The molecule has 0 atom stereocenters. The molecule has 0 aromatic rings. The number of primary amides is 1. The van der Waals surface area contributed by atoms with Crippen LogP contribution in [0.15, 0.2) is 29.1 Å². The minimum atomic E-state index is -0.474. The second-order valence-corrected chi connectivity index (χ2v) is 3.48. The zero-order chi connectivity index (χ0) is 11.8. The first-order chi connectivity index (χ1) is 7.74. The Labute approximate surface area is 95.2 Å². The van der Waals surface area contributed by atoms with Crippen LogP contribution in [0.3, 0.4) is 0 Å². The molecule has 1 rings (SSSR count). The molecule has 5 nitrogen and oxygen atoms in total. The van der Waals surface area contributed by atoms with Gasteiger partial charge in [0.15, 0.2) is 0 Å². The summed E-state index contributed by atoms with van der Waals surface area (Å²) in [6.45, 7) is 2.07. The highest BCUT2D eigenvalue weighted by molar-refractivity contribution is 5.98. The van der Waals surface area contributed by atoms with Crippen molar-refractivity contribution in [2.24, 2.45) is 10.9 Å².